The second-order valence-corrected chi connectivity index (χ2v) is 8.04. The first kappa shape index (κ1) is 35.1. The first-order valence-corrected chi connectivity index (χ1v) is 13.6. The summed E-state index contributed by atoms with van der Waals surface area (Å²) in [5.41, 5.74) is 5.20. The highest BCUT2D eigenvalue weighted by molar-refractivity contribution is 5.90. The molecule has 0 bridgehead atoms. The largest absolute Gasteiger partial charge is 0.497 e. The molecule has 0 spiro atoms. The normalized spacial score (nSPS) is 9.23. The van der Waals surface area contributed by atoms with Gasteiger partial charge in [0.15, 0.2) is 0 Å². The van der Waals surface area contributed by atoms with Crippen LogP contribution < -0.4 is 4.74 Å². The van der Waals surface area contributed by atoms with Crippen molar-refractivity contribution in [1.82, 2.24) is 5.06 Å². The summed E-state index contributed by atoms with van der Waals surface area (Å²) in [4.78, 5) is 39.0. The maximum Gasteiger partial charge on any atom is 0.363 e. The van der Waals surface area contributed by atoms with Gasteiger partial charge in [0.1, 0.15) is 12.0 Å². The Kier molecular flexibility index (Phi) is 18.9. The van der Waals surface area contributed by atoms with Gasteiger partial charge in [0.05, 0.1) is 12.7 Å². The molecule has 0 radical (unpaired) electrons. The maximum atomic E-state index is 12.1. The van der Waals surface area contributed by atoms with Gasteiger partial charge >= 0.3 is 5.97 Å². The number of carbonyl (C=O) groups is 3. The zero-order valence-electron chi connectivity index (χ0n) is 24.8. The number of amides is 1. The average molecular weight is 536 g/mol. The number of hydroxylamine groups is 2. The number of nitrogens with zero attached hydrogens (tertiary/aromatic N) is 1. The molecule has 3 aromatic carbocycles. The van der Waals surface area contributed by atoms with Crippen molar-refractivity contribution in [3.8, 4) is 5.75 Å². The van der Waals surface area contributed by atoms with Crippen LogP contribution in [0.25, 0.3) is 0 Å². The third kappa shape index (κ3) is 14.0. The quantitative estimate of drug-likeness (QED) is 0.222. The summed E-state index contributed by atoms with van der Waals surface area (Å²) in [5, 5.41) is 0.867. The van der Waals surface area contributed by atoms with Gasteiger partial charge in [-0.15, -0.1) is 0 Å². The van der Waals surface area contributed by atoms with Crippen LogP contribution in [0, 0.1) is 6.92 Å². The molecule has 3 rings (SSSR count). The van der Waals surface area contributed by atoms with Crippen LogP contribution in [-0.2, 0) is 27.3 Å². The third-order valence-corrected chi connectivity index (χ3v) is 5.33. The molecule has 0 aliphatic heterocycles. The highest BCUT2D eigenvalue weighted by atomic mass is 16.7. The molecule has 212 valence electrons. The fraction of sp³-hybridized carbons (Fsp3) is 0.364. The van der Waals surface area contributed by atoms with E-state index in [-0.39, 0.29) is 12.8 Å². The lowest BCUT2D eigenvalue weighted by Gasteiger charge is -2.15. The summed E-state index contributed by atoms with van der Waals surface area (Å²) in [5.74, 6) is -0.0996. The van der Waals surface area contributed by atoms with Crippen LogP contribution in [0.15, 0.2) is 72.8 Å². The van der Waals surface area contributed by atoms with Crippen molar-refractivity contribution in [3.05, 3.63) is 101 Å². The Morgan fingerprint density at radius 2 is 1.28 bits per heavy atom. The predicted molar refractivity (Wildman–Crippen MR) is 159 cm³/mol. The van der Waals surface area contributed by atoms with E-state index in [0.717, 1.165) is 29.2 Å². The van der Waals surface area contributed by atoms with Gasteiger partial charge in [0.25, 0.3) is 5.91 Å². The molecule has 0 saturated carbocycles. The molecule has 0 N–H and O–H groups in total. The van der Waals surface area contributed by atoms with Crippen LogP contribution >= 0.6 is 0 Å². The summed E-state index contributed by atoms with van der Waals surface area (Å²) in [6, 6.07) is 23.5. The molecule has 1 amide bonds. The summed E-state index contributed by atoms with van der Waals surface area (Å²) in [7, 11) is 3.04. The van der Waals surface area contributed by atoms with Crippen LogP contribution in [0.5, 0.6) is 5.75 Å². The van der Waals surface area contributed by atoms with Gasteiger partial charge < -0.3 is 14.4 Å². The SMILES string of the molecule is CC.CC.CCc1ccc(OC)cc1.Cc1ccc(Cc2ccc(C(=O)ON(C)C(=O)CCC=O)cc2)cc1. The number of carbonyl (C=O) groups excluding carboxylic acids is 3. The second-order valence-electron chi connectivity index (χ2n) is 8.04. The number of aldehydes is 1. The van der Waals surface area contributed by atoms with Crippen LogP contribution in [0.1, 0.15) is 80.1 Å². The van der Waals surface area contributed by atoms with E-state index in [0.29, 0.717) is 11.8 Å². The second kappa shape index (κ2) is 21.1. The molecule has 6 nitrogen and oxygen atoms in total. The van der Waals surface area contributed by atoms with Crippen molar-refractivity contribution in [2.45, 2.75) is 67.2 Å². The van der Waals surface area contributed by atoms with E-state index in [9.17, 15) is 14.4 Å². The van der Waals surface area contributed by atoms with Crippen molar-refractivity contribution in [2.75, 3.05) is 14.2 Å². The van der Waals surface area contributed by atoms with Gasteiger partial charge in [0, 0.05) is 19.9 Å². The number of hydrogen-bond acceptors (Lipinski definition) is 5. The molecule has 0 aromatic heterocycles. The van der Waals surface area contributed by atoms with Crippen LogP contribution in [0.4, 0.5) is 0 Å². The Labute approximate surface area is 234 Å². The fourth-order valence-corrected chi connectivity index (χ4v) is 3.13. The number of methoxy groups -OCH3 is 1. The molecule has 0 aliphatic rings. The Bertz CT molecular complexity index is 1050. The Balaban J connectivity index is 0.000000857. The highest BCUT2D eigenvalue weighted by Crippen LogP contribution is 2.13. The molecule has 6 heteroatoms. The fourth-order valence-electron chi connectivity index (χ4n) is 3.13. The van der Waals surface area contributed by atoms with E-state index in [1.165, 1.54) is 23.7 Å². The maximum absolute atomic E-state index is 12.1. The summed E-state index contributed by atoms with van der Waals surface area (Å²) in [6.45, 7) is 12.2. The van der Waals surface area contributed by atoms with Crippen molar-refractivity contribution < 1.29 is 24.0 Å². The van der Waals surface area contributed by atoms with Gasteiger partial charge in [-0.25, -0.2) is 4.79 Å². The van der Waals surface area contributed by atoms with Gasteiger partial charge in [-0.2, -0.15) is 5.06 Å². The molecular weight excluding hydrogens is 490 g/mol. The number of ether oxygens (including phenoxy) is 1. The van der Waals surface area contributed by atoms with Crippen molar-refractivity contribution in [2.24, 2.45) is 0 Å². The minimum Gasteiger partial charge on any atom is -0.497 e. The summed E-state index contributed by atoms with van der Waals surface area (Å²) < 4.78 is 5.01. The Morgan fingerprint density at radius 1 is 0.795 bits per heavy atom. The van der Waals surface area contributed by atoms with Gasteiger partial charge in [0.2, 0.25) is 0 Å². The lowest BCUT2D eigenvalue weighted by atomic mass is 10.0. The molecule has 3 aromatic rings. The van der Waals surface area contributed by atoms with E-state index in [2.05, 4.69) is 43.3 Å². The molecule has 0 aliphatic carbocycles. The topological polar surface area (TPSA) is 72.9 Å². The van der Waals surface area contributed by atoms with E-state index in [1.54, 1.807) is 19.2 Å². The number of aryl methyl sites for hydroxylation is 2. The minimum absolute atomic E-state index is 0.0166. The van der Waals surface area contributed by atoms with Gasteiger partial charge in [-0.05, 0) is 60.7 Å². The lowest BCUT2D eigenvalue weighted by molar-refractivity contribution is -0.161. The van der Waals surface area contributed by atoms with E-state index >= 15 is 0 Å². The molecular formula is C33H45NO5. The Morgan fingerprint density at radius 3 is 1.74 bits per heavy atom. The lowest BCUT2D eigenvalue weighted by Crippen LogP contribution is -2.29. The van der Waals surface area contributed by atoms with E-state index in [1.807, 2.05) is 58.9 Å². The van der Waals surface area contributed by atoms with E-state index in [4.69, 9.17) is 9.57 Å². The number of hydrogen-bond donors (Lipinski definition) is 0. The first-order valence-electron chi connectivity index (χ1n) is 13.6. The Hall–Kier alpha value is -3.93. The van der Waals surface area contributed by atoms with Crippen LogP contribution in [0.2, 0.25) is 0 Å². The summed E-state index contributed by atoms with van der Waals surface area (Å²) in [6.07, 6.45) is 2.64. The van der Waals surface area contributed by atoms with Crippen molar-refractivity contribution in [3.63, 3.8) is 0 Å². The summed E-state index contributed by atoms with van der Waals surface area (Å²) >= 11 is 0. The zero-order valence-corrected chi connectivity index (χ0v) is 24.8. The van der Waals surface area contributed by atoms with Crippen molar-refractivity contribution >= 4 is 18.2 Å². The smallest absolute Gasteiger partial charge is 0.363 e. The molecule has 0 fully saturated rings. The first-order chi connectivity index (χ1) is 18.9. The molecule has 0 saturated heterocycles. The molecule has 39 heavy (non-hydrogen) atoms. The highest BCUT2D eigenvalue weighted by Gasteiger charge is 2.15. The minimum atomic E-state index is -0.608. The average Bonchev–Trinajstić information content (AvgIpc) is 2.99. The van der Waals surface area contributed by atoms with Gasteiger partial charge in [-0.1, -0.05) is 88.7 Å². The van der Waals surface area contributed by atoms with Crippen LogP contribution in [-0.4, -0.2) is 37.4 Å². The monoisotopic (exact) mass is 535 g/mol. The number of benzene rings is 3. The third-order valence-electron chi connectivity index (χ3n) is 5.33. The predicted octanol–water partition coefficient (Wildman–Crippen LogP) is 7.41. The standard InChI is InChI=1S/C20H21NO4.C9H12O.2C2H6/c1-15-5-7-16(8-6-15)14-17-9-11-18(12-10-17)20(24)25-21(2)19(23)4-3-13-22;1-3-8-4-6-9(10-2)7-5-8;2*1-2/h5-13H,3-4,14H2,1-2H3;4-7H,3H2,1-2H3;2*1-2H3. The molecule has 0 unspecified atom stereocenters. The molecule has 0 atom stereocenters. The number of rotatable bonds is 8. The van der Waals surface area contributed by atoms with Crippen LogP contribution in [0.3, 0.4) is 0 Å². The van der Waals surface area contributed by atoms with Crippen molar-refractivity contribution in [1.29, 1.82) is 0 Å². The molecule has 0 heterocycles. The zero-order chi connectivity index (χ0) is 29.6. The van der Waals surface area contributed by atoms with Gasteiger partial charge in [-0.3, -0.25) is 4.79 Å². The van der Waals surface area contributed by atoms with E-state index < -0.39 is 11.9 Å².